The van der Waals surface area contributed by atoms with Crippen LogP contribution < -0.4 is 0 Å². The van der Waals surface area contributed by atoms with Gasteiger partial charge >= 0.3 is 5.97 Å². The van der Waals surface area contributed by atoms with Crippen LogP contribution in [-0.4, -0.2) is 81.8 Å². The third-order valence-electron chi connectivity index (χ3n) is 7.70. The van der Waals surface area contributed by atoms with E-state index >= 15 is 0 Å². The summed E-state index contributed by atoms with van der Waals surface area (Å²) in [5.41, 5.74) is -1.78. The van der Waals surface area contributed by atoms with Crippen molar-refractivity contribution in [3.63, 3.8) is 0 Å². The number of likely N-dealkylation sites (tertiary alicyclic amines) is 1. The van der Waals surface area contributed by atoms with Crippen LogP contribution in [0.25, 0.3) is 0 Å². The standard InChI is InChI=1S/C27H40N2O6/c1-17(2)15-18(16-30)29-22-24(32)28(26(3,4)5)13-10-12-27(22)21(23(29)31)20-19(35-27)11-8-6-7-9-14-34-25(20)33/h8,10-12,17-22,30H,6-7,9,13-16H2,1-5H3/b11-8-/t18-,19+,20-,21+,22?,27+/m1/s1. The second-order valence-corrected chi connectivity index (χ2v) is 11.7. The zero-order valence-electron chi connectivity index (χ0n) is 21.6. The molecule has 194 valence electrons. The fourth-order valence-electron chi connectivity index (χ4n) is 6.17. The molecule has 4 aliphatic rings. The predicted octanol–water partition coefficient (Wildman–Crippen LogP) is 2.45. The molecule has 4 rings (SSSR count). The van der Waals surface area contributed by atoms with Gasteiger partial charge in [-0.1, -0.05) is 38.2 Å². The topological polar surface area (TPSA) is 96.4 Å². The number of cyclic esters (lactones) is 1. The van der Waals surface area contributed by atoms with E-state index in [-0.39, 0.29) is 24.3 Å². The maximum Gasteiger partial charge on any atom is 0.312 e. The van der Waals surface area contributed by atoms with Gasteiger partial charge in [0.25, 0.3) is 0 Å². The molecule has 0 aromatic carbocycles. The van der Waals surface area contributed by atoms with Gasteiger partial charge in [-0.25, -0.2) is 0 Å². The SMILES string of the molecule is CC(C)C[C@H](CO)N1C(=O)[C@@H]2[C@@H]3C(=O)OCCCC/C=C\[C@@H]3O[C@@]23C=CCN(C(C)(C)C)C(=O)C13. The van der Waals surface area contributed by atoms with E-state index in [0.29, 0.717) is 19.6 Å². The number of hydrogen-bond donors (Lipinski definition) is 1. The van der Waals surface area contributed by atoms with E-state index in [9.17, 15) is 19.5 Å². The quantitative estimate of drug-likeness (QED) is 0.482. The summed E-state index contributed by atoms with van der Waals surface area (Å²) in [5, 5.41) is 10.3. The molecule has 0 saturated carbocycles. The van der Waals surface area contributed by atoms with Gasteiger partial charge < -0.3 is 24.4 Å². The molecule has 0 aliphatic carbocycles. The molecular formula is C27H40N2O6. The Labute approximate surface area is 208 Å². The highest BCUT2D eigenvalue weighted by atomic mass is 16.6. The highest BCUT2D eigenvalue weighted by Crippen LogP contribution is 2.54. The van der Waals surface area contributed by atoms with Crippen LogP contribution in [0.15, 0.2) is 24.3 Å². The zero-order valence-corrected chi connectivity index (χ0v) is 21.6. The van der Waals surface area contributed by atoms with Crippen LogP contribution in [0.2, 0.25) is 0 Å². The number of esters is 1. The average Bonchev–Trinajstić information content (AvgIpc) is 3.16. The Balaban J connectivity index is 1.86. The van der Waals surface area contributed by atoms with E-state index < -0.39 is 47.1 Å². The third kappa shape index (κ3) is 4.44. The molecule has 35 heavy (non-hydrogen) atoms. The average molecular weight is 489 g/mol. The number of aliphatic hydroxyl groups is 1. The van der Waals surface area contributed by atoms with E-state index in [1.807, 2.05) is 58.9 Å². The molecule has 0 radical (unpaired) electrons. The van der Waals surface area contributed by atoms with Crippen molar-refractivity contribution in [3.05, 3.63) is 24.3 Å². The predicted molar refractivity (Wildman–Crippen MR) is 130 cm³/mol. The molecule has 1 unspecified atom stereocenters. The molecule has 4 heterocycles. The molecule has 1 spiro atoms. The van der Waals surface area contributed by atoms with Crippen LogP contribution in [0.1, 0.15) is 60.3 Å². The van der Waals surface area contributed by atoms with Crippen LogP contribution in [0.5, 0.6) is 0 Å². The molecule has 2 amide bonds. The highest BCUT2D eigenvalue weighted by Gasteiger charge is 2.72. The maximum atomic E-state index is 14.2. The van der Waals surface area contributed by atoms with Gasteiger partial charge in [-0.3, -0.25) is 14.4 Å². The number of carbonyl (C=O) groups is 3. The first kappa shape index (κ1) is 25.9. The summed E-state index contributed by atoms with van der Waals surface area (Å²) in [7, 11) is 0. The number of fused-ring (bicyclic) bond motifs is 2. The number of aliphatic hydroxyl groups excluding tert-OH is 1. The Hall–Kier alpha value is -2.19. The van der Waals surface area contributed by atoms with Crippen molar-refractivity contribution in [2.45, 2.75) is 89.6 Å². The van der Waals surface area contributed by atoms with Gasteiger partial charge in [-0.15, -0.1) is 0 Å². The first-order valence-corrected chi connectivity index (χ1v) is 13.0. The lowest BCUT2D eigenvalue weighted by Crippen LogP contribution is -2.60. The minimum absolute atomic E-state index is 0.196. The van der Waals surface area contributed by atoms with Crippen molar-refractivity contribution >= 4 is 17.8 Å². The van der Waals surface area contributed by atoms with Crippen molar-refractivity contribution in [2.24, 2.45) is 17.8 Å². The van der Waals surface area contributed by atoms with Crippen LogP contribution >= 0.6 is 0 Å². The van der Waals surface area contributed by atoms with Crippen molar-refractivity contribution in [1.82, 2.24) is 9.80 Å². The van der Waals surface area contributed by atoms with Crippen molar-refractivity contribution in [1.29, 1.82) is 0 Å². The van der Waals surface area contributed by atoms with Crippen LogP contribution in [-0.2, 0) is 23.9 Å². The van der Waals surface area contributed by atoms with Crippen LogP contribution in [0, 0.1) is 17.8 Å². The minimum Gasteiger partial charge on any atom is -0.465 e. The summed E-state index contributed by atoms with van der Waals surface area (Å²) in [5.74, 6) is -2.54. The molecule has 2 fully saturated rings. The molecule has 0 aromatic heterocycles. The number of carbonyl (C=O) groups excluding carboxylic acids is 3. The summed E-state index contributed by atoms with van der Waals surface area (Å²) >= 11 is 0. The molecule has 2 saturated heterocycles. The Morgan fingerprint density at radius 1 is 1.14 bits per heavy atom. The van der Waals surface area contributed by atoms with Crippen molar-refractivity contribution in [3.8, 4) is 0 Å². The summed E-state index contributed by atoms with van der Waals surface area (Å²) in [6.07, 6.45) is 9.95. The first-order chi connectivity index (χ1) is 16.5. The number of rotatable bonds is 4. The summed E-state index contributed by atoms with van der Waals surface area (Å²) in [6, 6.07) is -1.52. The Morgan fingerprint density at radius 3 is 2.54 bits per heavy atom. The number of allylic oxidation sites excluding steroid dienone is 1. The Morgan fingerprint density at radius 2 is 1.89 bits per heavy atom. The Kier molecular flexibility index (Phi) is 7.17. The fourth-order valence-corrected chi connectivity index (χ4v) is 6.17. The first-order valence-electron chi connectivity index (χ1n) is 13.0. The zero-order chi connectivity index (χ0) is 25.5. The van der Waals surface area contributed by atoms with Crippen molar-refractivity contribution in [2.75, 3.05) is 19.8 Å². The second kappa shape index (κ2) is 9.69. The monoisotopic (exact) mass is 488 g/mol. The van der Waals surface area contributed by atoms with E-state index in [2.05, 4.69) is 0 Å². The molecule has 1 N–H and O–H groups in total. The lowest BCUT2D eigenvalue weighted by molar-refractivity contribution is -0.157. The van der Waals surface area contributed by atoms with Gasteiger partial charge in [-0.05, 0) is 52.4 Å². The Bertz CT molecular complexity index is 906. The number of ether oxygens (including phenoxy) is 2. The maximum absolute atomic E-state index is 14.2. The molecule has 8 nitrogen and oxygen atoms in total. The van der Waals surface area contributed by atoms with Gasteiger partial charge in [0, 0.05) is 12.1 Å². The molecular weight excluding hydrogens is 448 g/mol. The van der Waals surface area contributed by atoms with Crippen molar-refractivity contribution < 1.29 is 29.0 Å². The number of amides is 2. The molecule has 8 heteroatoms. The highest BCUT2D eigenvalue weighted by molar-refractivity contribution is 5.99. The van der Waals surface area contributed by atoms with Crippen LogP contribution in [0.3, 0.4) is 0 Å². The molecule has 6 atom stereocenters. The lowest BCUT2D eigenvalue weighted by Gasteiger charge is -2.42. The summed E-state index contributed by atoms with van der Waals surface area (Å²) in [6.45, 7) is 10.3. The molecule has 4 aliphatic heterocycles. The third-order valence-corrected chi connectivity index (χ3v) is 7.70. The van der Waals surface area contributed by atoms with E-state index in [0.717, 1.165) is 19.3 Å². The smallest absolute Gasteiger partial charge is 0.312 e. The molecule has 0 aromatic rings. The normalized spacial score (nSPS) is 35.3. The largest absolute Gasteiger partial charge is 0.465 e. The fraction of sp³-hybridized carbons (Fsp3) is 0.741. The van der Waals surface area contributed by atoms with Crippen LogP contribution in [0.4, 0.5) is 0 Å². The van der Waals surface area contributed by atoms with E-state index in [1.165, 1.54) is 4.90 Å². The van der Waals surface area contributed by atoms with Gasteiger partial charge in [-0.2, -0.15) is 0 Å². The van der Waals surface area contributed by atoms with Gasteiger partial charge in [0.05, 0.1) is 31.3 Å². The minimum atomic E-state index is -1.30. The van der Waals surface area contributed by atoms with E-state index in [1.54, 1.807) is 4.90 Å². The lowest BCUT2D eigenvalue weighted by atomic mass is 9.77. The van der Waals surface area contributed by atoms with Gasteiger partial charge in [0.2, 0.25) is 11.8 Å². The van der Waals surface area contributed by atoms with E-state index in [4.69, 9.17) is 9.47 Å². The van der Waals surface area contributed by atoms with Gasteiger partial charge in [0.1, 0.15) is 17.6 Å². The molecule has 0 bridgehead atoms. The van der Waals surface area contributed by atoms with Gasteiger partial charge in [0.15, 0.2) is 0 Å². The summed E-state index contributed by atoms with van der Waals surface area (Å²) < 4.78 is 12.2. The number of hydrogen-bond acceptors (Lipinski definition) is 6. The number of nitrogens with zero attached hydrogens (tertiary/aromatic N) is 2. The summed E-state index contributed by atoms with van der Waals surface area (Å²) in [4.78, 5) is 45.0. The second-order valence-electron chi connectivity index (χ2n) is 11.7.